The maximum atomic E-state index is 6.01. The van der Waals surface area contributed by atoms with Gasteiger partial charge < -0.3 is 11.1 Å². The maximum Gasteiger partial charge on any atom is 0.173 e. The van der Waals surface area contributed by atoms with Crippen molar-refractivity contribution in [3.05, 3.63) is 41.2 Å². The molecule has 5 heteroatoms. The summed E-state index contributed by atoms with van der Waals surface area (Å²) in [5.41, 5.74) is 7.52. The minimum atomic E-state index is 0.363. The lowest BCUT2D eigenvalue weighted by Crippen LogP contribution is -2.01. The zero-order valence-corrected chi connectivity index (χ0v) is 9.49. The smallest absolute Gasteiger partial charge is 0.173 e. The van der Waals surface area contributed by atoms with Gasteiger partial charge in [0.1, 0.15) is 0 Å². The number of rotatable bonds is 2. The quantitative estimate of drug-likeness (QED) is 0.839. The van der Waals surface area contributed by atoms with E-state index in [0.29, 0.717) is 16.7 Å². The van der Waals surface area contributed by atoms with E-state index >= 15 is 0 Å². The first-order chi connectivity index (χ1) is 7.68. The molecule has 0 saturated carbocycles. The fourth-order valence-electron chi connectivity index (χ4n) is 1.32. The average Bonchev–Trinajstić information content (AvgIpc) is 2.28. The first-order valence-electron chi connectivity index (χ1n) is 4.77. The molecule has 0 amide bonds. The minimum absolute atomic E-state index is 0.363. The topological polar surface area (TPSA) is 63.8 Å². The zero-order chi connectivity index (χ0) is 11.5. The highest BCUT2D eigenvalue weighted by molar-refractivity contribution is 6.31. The number of nitrogens with one attached hydrogen (secondary N) is 1. The molecule has 1 aromatic heterocycles. The van der Waals surface area contributed by atoms with E-state index < -0.39 is 0 Å². The molecule has 3 N–H and O–H groups in total. The van der Waals surface area contributed by atoms with Crippen molar-refractivity contribution in [2.24, 2.45) is 0 Å². The van der Waals surface area contributed by atoms with Crippen molar-refractivity contribution in [3.8, 4) is 0 Å². The van der Waals surface area contributed by atoms with Gasteiger partial charge in [-0.3, -0.25) is 0 Å². The normalized spacial score (nSPS) is 10.1. The Morgan fingerprint density at radius 2 is 2.00 bits per heavy atom. The van der Waals surface area contributed by atoms with Gasteiger partial charge in [-0.2, -0.15) is 0 Å². The van der Waals surface area contributed by atoms with Crippen LogP contribution in [0.15, 0.2) is 30.6 Å². The summed E-state index contributed by atoms with van der Waals surface area (Å²) >= 11 is 6.01. The Hall–Kier alpha value is -1.81. The van der Waals surface area contributed by atoms with Crippen molar-refractivity contribution in [1.82, 2.24) is 9.97 Å². The van der Waals surface area contributed by atoms with Crippen molar-refractivity contribution in [1.29, 1.82) is 0 Å². The van der Waals surface area contributed by atoms with Crippen LogP contribution in [0.2, 0.25) is 5.02 Å². The zero-order valence-electron chi connectivity index (χ0n) is 8.74. The number of hydrogen-bond acceptors (Lipinski definition) is 4. The van der Waals surface area contributed by atoms with Crippen molar-refractivity contribution < 1.29 is 0 Å². The number of hydrogen-bond donors (Lipinski definition) is 2. The molecule has 2 rings (SSSR count). The predicted octanol–water partition coefficient (Wildman–Crippen LogP) is 2.76. The molecule has 0 aliphatic carbocycles. The largest absolute Gasteiger partial charge is 0.381 e. The fourth-order valence-corrected chi connectivity index (χ4v) is 1.49. The number of nitrogen functional groups attached to an aromatic ring is 1. The van der Waals surface area contributed by atoms with Gasteiger partial charge in [0, 0.05) is 23.1 Å². The molecule has 0 atom stereocenters. The van der Waals surface area contributed by atoms with Gasteiger partial charge in [0.2, 0.25) is 0 Å². The molecule has 0 aliphatic heterocycles. The second-order valence-electron chi connectivity index (χ2n) is 3.33. The van der Waals surface area contributed by atoms with Crippen LogP contribution in [-0.2, 0) is 0 Å². The summed E-state index contributed by atoms with van der Waals surface area (Å²) in [7, 11) is 0. The summed E-state index contributed by atoms with van der Waals surface area (Å²) in [5, 5.41) is 3.80. The SMILES string of the molecule is Cc1c(Cl)cccc1Nc1nccnc1N. The van der Waals surface area contributed by atoms with Crippen molar-refractivity contribution in [2.45, 2.75) is 6.92 Å². The molecular weight excluding hydrogens is 224 g/mol. The number of nitrogens with two attached hydrogens (primary N) is 1. The molecule has 16 heavy (non-hydrogen) atoms. The van der Waals surface area contributed by atoms with Gasteiger partial charge in [-0.15, -0.1) is 0 Å². The number of aromatic nitrogens is 2. The molecule has 0 saturated heterocycles. The van der Waals surface area contributed by atoms with E-state index in [1.54, 1.807) is 12.4 Å². The van der Waals surface area contributed by atoms with Crippen LogP contribution in [0.4, 0.5) is 17.3 Å². The van der Waals surface area contributed by atoms with Gasteiger partial charge in [0.05, 0.1) is 0 Å². The number of benzene rings is 1. The molecule has 0 fully saturated rings. The third-order valence-electron chi connectivity index (χ3n) is 2.25. The molecule has 4 nitrogen and oxygen atoms in total. The van der Waals surface area contributed by atoms with Gasteiger partial charge in [0.15, 0.2) is 11.6 Å². The van der Waals surface area contributed by atoms with E-state index in [9.17, 15) is 0 Å². The standard InChI is InChI=1S/C11H11ClN4/c1-7-8(12)3-2-4-9(7)16-11-10(13)14-5-6-15-11/h2-6H,1H3,(H2,13,14)(H,15,16). The van der Waals surface area contributed by atoms with Crippen LogP contribution in [0.5, 0.6) is 0 Å². The highest BCUT2D eigenvalue weighted by Gasteiger charge is 2.05. The molecule has 2 aromatic rings. The Labute approximate surface area is 98.5 Å². The maximum absolute atomic E-state index is 6.01. The Morgan fingerprint density at radius 1 is 1.25 bits per heavy atom. The molecule has 0 bridgehead atoms. The van der Waals surface area contributed by atoms with Crippen LogP contribution in [0.1, 0.15) is 5.56 Å². The second kappa shape index (κ2) is 4.37. The van der Waals surface area contributed by atoms with Gasteiger partial charge in [-0.05, 0) is 24.6 Å². The molecule has 0 radical (unpaired) electrons. The van der Waals surface area contributed by atoms with Crippen LogP contribution >= 0.6 is 11.6 Å². The van der Waals surface area contributed by atoms with E-state index in [2.05, 4.69) is 15.3 Å². The van der Waals surface area contributed by atoms with Crippen LogP contribution < -0.4 is 11.1 Å². The van der Waals surface area contributed by atoms with Crippen molar-refractivity contribution in [3.63, 3.8) is 0 Å². The fraction of sp³-hybridized carbons (Fsp3) is 0.0909. The minimum Gasteiger partial charge on any atom is -0.381 e. The van der Waals surface area contributed by atoms with E-state index in [4.69, 9.17) is 17.3 Å². The number of halogens is 1. The third-order valence-corrected chi connectivity index (χ3v) is 2.66. The lowest BCUT2D eigenvalue weighted by atomic mass is 10.2. The summed E-state index contributed by atoms with van der Waals surface area (Å²) in [6.07, 6.45) is 3.13. The molecule has 1 aromatic carbocycles. The lowest BCUT2D eigenvalue weighted by Gasteiger charge is -2.10. The summed E-state index contributed by atoms with van der Waals surface area (Å²) in [6, 6.07) is 5.61. The summed E-state index contributed by atoms with van der Waals surface area (Å²) in [6.45, 7) is 1.93. The van der Waals surface area contributed by atoms with Crippen LogP contribution in [-0.4, -0.2) is 9.97 Å². The van der Waals surface area contributed by atoms with Crippen LogP contribution in [0.3, 0.4) is 0 Å². The molecule has 0 unspecified atom stereocenters. The van der Waals surface area contributed by atoms with Crippen molar-refractivity contribution >= 4 is 28.9 Å². The van der Waals surface area contributed by atoms with E-state index in [0.717, 1.165) is 11.3 Å². The summed E-state index contributed by atoms with van der Waals surface area (Å²) in [4.78, 5) is 8.05. The Balaban J connectivity index is 2.35. The molecule has 1 heterocycles. The highest BCUT2D eigenvalue weighted by Crippen LogP contribution is 2.26. The Morgan fingerprint density at radius 3 is 2.75 bits per heavy atom. The van der Waals surface area contributed by atoms with Crippen LogP contribution in [0.25, 0.3) is 0 Å². The Bertz CT molecular complexity index is 513. The first-order valence-corrected chi connectivity index (χ1v) is 5.15. The molecule has 0 aliphatic rings. The van der Waals surface area contributed by atoms with E-state index in [1.165, 1.54) is 0 Å². The predicted molar refractivity (Wildman–Crippen MR) is 65.9 cm³/mol. The third kappa shape index (κ3) is 2.06. The average molecular weight is 235 g/mol. The van der Waals surface area contributed by atoms with E-state index in [-0.39, 0.29) is 0 Å². The van der Waals surface area contributed by atoms with Crippen LogP contribution in [0, 0.1) is 6.92 Å². The Kier molecular flexibility index (Phi) is 2.92. The highest BCUT2D eigenvalue weighted by atomic mass is 35.5. The summed E-state index contributed by atoms with van der Waals surface area (Å²) in [5.74, 6) is 0.898. The molecule has 82 valence electrons. The van der Waals surface area contributed by atoms with Gasteiger partial charge in [-0.1, -0.05) is 17.7 Å². The lowest BCUT2D eigenvalue weighted by molar-refractivity contribution is 1.20. The second-order valence-corrected chi connectivity index (χ2v) is 3.73. The number of anilines is 3. The first kappa shape index (κ1) is 10.7. The van der Waals surface area contributed by atoms with Gasteiger partial charge >= 0.3 is 0 Å². The van der Waals surface area contributed by atoms with Crippen molar-refractivity contribution in [2.75, 3.05) is 11.1 Å². The van der Waals surface area contributed by atoms with Gasteiger partial charge in [-0.25, -0.2) is 9.97 Å². The van der Waals surface area contributed by atoms with E-state index in [1.807, 2.05) is 25.1 Å². The monoisotopic (exact) mass is 234 g/mol. The summed E-state index contributed by atoms with van der Waals surface area (Å²) < 4.78 is 0. The number of nitrogens with zero attached hydrogens (tertiary/aromatic N) is 2. The van der Waals surface area contributed by atoms with Gasteiger partial charge in [0.25, 0.3) is 0 Å². The molecule has 0 spiro atoms. The molecular formula is C11H11ClN4.